The predicted molar refractivity (Wildman–Crippen MR) is 137 cm³/mol. The Balaban J connectivity index is 1.66. The number of rotatable bonds is 8. The van der Waals surface area contributed by atoms with Gasteiger partial charge in [-0.05, 0) is 55.2 Å². The number of halogens is 4. The maximum atomic E-state index is 13.3. The molecule has 1 aliphatic rings. The molecule has 1 heterocycles. The molecule has 0 bridgehead atoms. The van der Waals surface area contributed by atoms with Crippen molar-refractivity contribution in [2.24, 2.45) is 4.99 Å². The number of guanidine groups is 1. The van der Waals surface area contributed by atoms with Gasteiger partial charge in [0, 0.05) is 35.4 Å². The minimum absolute atomic E-state index is 0.0364. The van der Waals surface area contributed by atoms with Crippen LogP contribution >= 0.6 is 11.6 Å². The molecule has 2 unspecified atom stereocenters. The second-order valence-corrected chi connectivity index (χ2v) is 9.39. The molecule has 0 saturated heterocycles. The van der Waals surface area contributed by atoms with Gasteiger partial charge >= 0.3 is 6.18 Å². The van der Waals surface area contributed by atoms with Crippen LogP contribution in [0.2, 0.25) is 5.02 Å². The molecular weight excluding hydrogens is 527 g/mol. The fourth-order valence-corrected chi connectivity index (χ4v) is 4.00. The first kappa shape index (κ1) is 29.1. The Morgan fingerprint density at radius 1 is 1.18 bits per heavy atom. The van der Waals surface area contributed by atoms with Gasteiger partial charge in [-0.15, -0.1) is 0 Å². The number of hydrogen-bond acceptors (Lipinski definition) is 7. The van der Waals surface area contributed by atoms with Crippen LogP contribution in [0, 0.1) is 0 Å². The highest BCUT2D eigenvalue weighted by molar-refractivity contribution is 6.30. The molecule has 0 aliphatic carbocycles. The van der Waals surface area contributed by atoms with E-state index in [-0.39, 0.29) is 21.9 Å². The molecule has 3 rings (SSSR count). The van der Waals surface area contributed by atoms with Gasteiger partial charge in [-0.3, -0.25) is 14.6 Å². The lowest BCUT2D eigenvalue weighted by Gasteiger charge is -2.28. The van der Waals surface area contributed by atoms with Crippen LogP contribution in [0.5, 0.6) is 5.75 Å². The summed E-state index contributed by atoms with van der Waals surface area (Å²) < 4.78 is 40.0. The largest absolute Gasteiger partial charge is 0.508 e. The monoisotopic (exact) mass is 555 g/mol. The van der Waals surface area contributed by atoms with Crippen molar-refractivity contribution in [1.29, 1.82) is 0 Å². The molecule has 2 atom stereocenters. The molecule has 6 N–H and O–H groups in total. The predicted octanol–water partition coefficient (Wildman–Crippen LogP) is 3.57. The molecular formula is C25H29ClF3N5O4. The molecule has 206 valence electrons. The number of nitrogens with zero attached hydrogens (tertiary/aromatic N) is 1. The first-order valence-corrected chi connectivity index (χ1v) is 12.2. The second-order valence-electron chi connectivity index (χ2n) is 8.96. The topological polar surface area (TPSA) is 135 Å². The zero-order valence-electron chi connectivity index (χ0n) is 20.7. The van der Waals surface area contributed by atoms with E-state index >= 15 is 0 Å². The highest BCUT2D eigenvalue weighted by Crippen LogP contribution is 2.40. The molecule has 13 heteroatoms. The van der Waals surface area contributed by atoms with Crippen LogP contribution in [0.4, 0.5) is 18.9 Å². The average molecular weight is 556 g/mol. The van der Waals surface area contributed by atoms with E-state index in [1.807, 2.05) is 0 Å². The Labute approximate surface area is 222 Å². The van der Waals surface area contributed by atoms with Crippen molar-refractivity contribution in [3.05, 3.63) is 58.1 Å². The first-order chi connectivity index (χ1) is 17.8. The smallest absolute Gasteiger partial charge is 0.421 e. The van der Waals surface area contributed by atoms with Crippen LogP contribution < -0.4 is 21.3 Å². The van der Waals surface area contributed by atoms with Crippen molar-refractivity contribution in [3.8, 4) is 5.75 Å². The third-order valence-electron chi connectivity index (χ3n) is 5.93. The Hall–Kier alpha value is -3.51. The molecule has 2 aromatic rings. The molecule has 0 spiro atoms. The van der Waals surface area contributed by atoms with Gasteiger partial charge in [0.2, 0.25) is 5.91 Å². The van der Waals surface area contributed by atoms with E-state index in [0.29, 0.717) is 31.5 Å². The first-order valence-electron chi connectivity index (χ1n) is 11.9. The Kier molecular flexibility index (Phi) is 9.10. The summed E-state index contributed by atoms with van der Waals surface area (Å²) in [5, 5.41) is 31.2. The summed E-state index contributed by atoms with van der Waals surface area (Å²) in [7, 11) is 0. The second kappa shape index (κ2) is 11.9. The summed E-state index contributed by atoms with van der Waals surface area (Å²) in [6, 6.07) is 6.97. The molecule has 0 saturated carbocycles. The summed E-state index contributed by atoms with van der Waals surface area (Å²) in [4.78, 5) is 29.5. The summed E-state index contributed by atoms with van der Waals surface area (Å²) in [5.41, 5.74) is -2.82. The van der Waals surface area contributed by atoms with Gasteiger partial charge in [0.25, 0.3) is 5.91 Å². The Morgan fingerprint density at radius 3 is 2.55 bits per heavy atom. The number of benzene rings is 2. The highest BCUT2D eigenvalue weighted by Gasteiger charge is 2.51. The number of hydrogen-bond donors (Lipinski definition) is 6. The van der Waals surface area contributed by atoms with Gasteiger partial charge < -0.3 is 31.5 Å². The van der Waals surface area contributed by atoms with Crippen molar-refractivity contribution in [3.63, 3.8) is 0 Å². The fraction of sp³-hybridized carbons (Fsp3) is 0.400. The van der Waals surface area contributed by atoms with Crippen LogP contribution in [-0.2, 0) is 10.4 Å². The van der Waals surface area contributed by atoms with E-state index in [9.17, 15) is 33.0 Å². The number of aliphatic hydroxyl groups is 1. The number of aliphatic imine (C=N–C) groups is 1. The summed E-state index contributed by atoms with van der Waals surface area (Å²) in [6.07, 6.45) is -3.74. The molecule has 2 amide bonds. The lowest BCUT2D eigenvalue weighted by Crippen LogP contribution is -2.40. The third kappa shape index (κ3) is 7.29. The number of phenols is 1. The van der Waals surface area contributed by atoms with Crippen LogP contribution in [0.3, 0.4) is 0 Å². The van der Waals surface area contributed by atoms with Gasteiger partial charge in [0.1, 0.15) is 5.75 Å². The number of phenolic OH excluding ortho intramolecular Hbond substituents is 1. The summed E-state index contributed by atoms with van der Waals surface area (Å²) in [5.74, 6) is -0.886. The van der Waals surface area contributed by atoms with Crippen LogP contribution in [0.25, 0.3) is 0 Å². The van der Waals surface area contributed by atoms with Gasteiger partial charge in [-0.2, -0.15) is 13.2 Å². The standard InChI is InChI=1S/C25H29ClF3N5O4/c1-3-20(14-7-16(11-17(26)8-14)24(2,38)25(27,28)29)34-21(36)13-32-22(37)15-9-18(12-19(35)10-15)33-23-30-5-4-6-31-23/h7-12,20,35,38H,3-6,13H2,1-2H3,(H,32,37)(H,34,36)(H2,30,31,33). The molecule has 0 fully saturated rings. The number of amides is 2. The normalized spacial score (nSPS) is 15.9. The Bertz CT molecular complexity index is 1220. The minimum atomic E-state index is -4.94. The van der Waals surface area contributed by atoms with Gasteiger partial charge in [-0.1, -0.05) is 24.6 Å². The van der Waals surface area contributed by atoms with Crippen molar-refractivity contribution >= 4 is 35.1 Å². The summed E-state index contributed by atoms with van der Waals surface area (Å²) in [6.45, 7) is 3.28. The zero-order valence-corrected chi connectivity index (χ0v) is 21.5. The SMILES string of the molecule is CCC(NC(=O)CNC(=O)c1cc(O)cc(NC2=NCCCN2)c1)c1cc(Cl)cc(C(C)(O)C(F)(F)F)c1. The van der Waals surface area contributed by atoms with Gasteiger partial charge in [0.05, 0.1) is 12.6 Å². The van der Waals surface area contributed by atoms with Crippen molar-refractivity contribution in [1.82, 2.24) is 16.0 Å². The van der Waals surface area contributed by atoms with E-state index in [0.717, 1.165) is 25.1 Å². The van der Waals surface area contributed by atoms with Gasteiger partial charge in [-0.25, -0.2) is 0 Å². The highest BCUT2D eigenvalue weighted by atomic mass is 35.5. The molecule has 2 aromatic carbocycles. The van der Waals surface area contributed by atoms with Gasteiger partial charge in [0.15, 0.2) is 11.6 Å². The summed E-state index contributed by atoms with van der Waals surface area (Å²) >= 11 is 6.02. The lowest BCUT2D eigenvalue weighted by molar-refractivity contribution is -0.258. The van der Waals surface area contributed by atoms with Crippen LogP contribution in [0.15, 0.2) is 41.4 Å². The van der Waals surface area contributed by atoms with E-state index in [1.54, 1.807) is 6.92 Å². The molecule has 38 heavy (non-hydrogen) atoms. The Morgan fingerprint density at radius 2 is 1.92 bits per heavy atom. The quantitative estimate of drug-likeness (QED) is 0.295. The lowest BCUT2D eigenvalue weighted by atomic mass is 9.91. The maximum Gasteiger partial charge on any atom is 0.421 e. The fourth-order valence-electron chi connectivity index (χ4n) is 3.75. The third-order valence-corrected chi connectivity index (χ3v) is 6.15. The molecule has 1 aliphatic heterocycles. The number of aromatic hydroxyl groups is 1. The van der Waals surface area contributed by atoms with E-state index in [1.165, 1.54) is 24.3 Å². The van der Waals surface area contributed by atoms with E-state index < -0.39 is 41.7 Å². The number of anilines is 1. The zero-order chi connectivity index (χ0) is 28.1. The van der Waals surface area contributed by atoms with Crippen molar-refractivity contribution < 1.29 is 33.0 Å². The molecule has 9 nitrogen and oxygen atoms in total. The van der Waals surface area contributed by atoms with Crippen LogP contribution in [-0.4, -0.2) is 53.8 Å². The van der Waals surface area contributed by atoms with Crippen LogP contribution in [0.1, 0.15) is 54.2 Å². The van der Waals surface area contributed by atoms with E-state index in [2.05, 4.69) is 26.3 Å². The molecule has 0 radical (unpaired) electrons. The average Bonchev–Trinajstić information content (AvgIpc) is 2.85. The number of alkyl halides is 3. The minimum Gasteiger partial charge on any atom is -0.508 e. The number of nitrogens with one attached hydrogen (secondary N) is 4. The van der Waals surface area contributed by atoms with Crippen molar-refractivity contribution in [2.75, 3.05) is 25.0 Å². The molecule has 0 aromatic heterocycles. The number of carbonyl (C=O) groups excluding carboxylic acids is 2. The van der Waals surface area contributed by atoms with E-state index in [4.69, 9.17) is 11.6 Å². The number of carbonyl (C=O) groups is 2. The maximum absolute atomic E-state index is 13.3. The van der Waals surface area contributed by atoms with Crippen molar-refractivity contribution in [2.45, 2.75) is 44.5 Å².